The van der Waals surface area contributed by atoms with Gasteiger partial charge in [-0.2, -0.15) is 0 Å². The molecule has 3 aromatic rings. The third kappa shape index (κ3) is 2.95. The molecular formula is C16H15BrN2O2S. The number of thiophene rings is 1. The van der Waals surface area contributed by atoms with E-state index in [-0.39, 0.29) is 12.5 Å². The lowest BCUT2D eigenvalue weighted by atomic mass is 10.1. The largest absolute Gasteiger partial charge is 0.386 e. The number of aryl methyl sites for hydroxylation is 1. The van der Waals surface area contributed by atoms with E-state index in [4.69, 9.17) is 0 Å². The van der Waals surface area contributed by atoms with Gasteiger partial charge in [-0.05, 0) is 28.1 Å². The molecule has 0 fully saturated rings. The molecule has 0 bridgehead atoms. The highest BCUT2D eigenvalue weighted by atomic mass is 79.9. The Morgan fingerprint density at radius 2 is 2.23 bits per heavy atom. The van der Waals surface area contributed by atoms with E-state index >= 15 is 0 Å². The molecule has 0 saturated heterocycles. The number of nitrogens with one attached hydrogen (secondary N) is 1. The fourth-order valence-electron chi connectivity index (χ4n) is 2.46. The topological polar surface area (TPSA) is 54.3 Å². The second-order valence-corrected chi connectivity index (χ2v) is 6.89. The summed E-state index contributed by atoms with van der Waals surface area (Å²) in [6.07, 6.45) is 1.17. The average Bonchev–Trinajstić information content (AvgIpc) is 3.09. The van der Waals surface area contributed by atoms with Crippen LogP contribution in [0.3, 0.4) is 0 Å². The smallest absolute Gasteiger partial charge is 0.261 e. The highest BCUT2D eigenvalue weighted by Gasteiger charge is 2.16. The van der Waals surface area contributed by atoms with Crippen LogP contribution in [0.15, 0.2) is 46.4 Å². The van der Waals surface area contributed by atoms with Gasteiger partial charge in [0.25, 0.3) is 5.91 Å². The maximum atomic E-state index is 12.0. The molecule has 0 spiro atoms. The lowest BCUT2D eigenvalue weighted by molar-refractivity contribution is 0.0921. The lowest BCUT2D eigenvalue weighted by Crippen LogP contribution is -2.27. The predicted molar refractivity (Wildman–Crippen MR) is 92.2 cm³/mol. The van der Waals surface area contributed by atoms with Gasteiger partial charge in [0.2, 0.25) is 0 Å². The number of benzene rings is 1. The summed E-state index contributed by atoms with van der Waals surface area (Å²) < 4.78 is 2.86. The number of nitrogens with zero attached hydrogens (tertiary/aromatic N) is 1. The molecular weight excluding hydrogens is 364 g/mol. The van der Waals surface area contributed by atoms with Crippen LogP contribution in [0.5, 0.6) is 0 Å². The average molecular weight is 379 g/mol. The van der Waals surface area contributed by atoms with E-state index in [9.17, 15) is 9.90 Å². The number of aromatic nitrogens is 1. The molecule has 4 nitrogen and oxygen atoms in total. The van der Waals surface area contributed by atoms with E-state index in [1.807, 2.05) is 47.5 Å². The molecule has 0 saturated carbocycles. The minimum atomic E-state index is -0.738. The number of rotatable bonds is 4. The quantitative estimate of drug-likeness (QED) is 0.730. The van der Waals surface area contributed by atoms with Crippen LogP contribution in [-0.2, 0) is 7.05 Å². The van der Waals surface area contributed by atoms with Crippen molar-refractivity contribution in [1.29, 1.82) is 0 Å². The van der Waals surface area contributed by atoms with E-state index in [2.05, 4.69) is 21.2 Å². The van der Waals surface area contributed by atoms with Gasteiger partial charge in [0.05, 0.1) is 11.0 Å². The number of amides is 1. The first-order valence-electron chi connectivity index (χ1n) is 6.80. The highest BCUT2D eigenvalue weighted by Crippen LogP contribution is 2.26. The summed E-state index contributed by atoms with van der Waals surface area (Å²) >= 11 is 4.69. The number of carbonyl (C=O) groups is 1. The Morgan fingerprint density at radius 1 is 1.45 bits per heavy atom. The number of para-hydroxylation sites is 1. The Kier molecular flexibility index (Phi) is 4.33. The number of hydrogen-bond acceptors (Lipinski definition) is 3. The number of carbonyl (C=O) groups excluding carboxylic acids is 1. The molecule has 1 atom stereocenters. The molecule has 114 valence electrons. The van der Waals surface area contributed by atoms with Gasteiger partial charge in [-0.3, -0.25) is 4.79 Å². The van der Waals surface area contributed by atoms with Crippen LogP contribution in [0.1, 0.15) is 21.3 Å². The number of aliphatic hydroxyl groups is 1. The second kappa shape index (κ2) is 6.24. The molecule has 22 heavy (non-hydrogen) atoms. The monoisotopic (exact) mass is 378 g/mol. The first kappa shape index (κ1) is 15.3. The summed E-state index contributed by atoms with van der Waals surface area (Å²) in [5.74, 6) is -0.171. The van der Waals surface area contributed by atoms with Crippen LogP contribution in [0.4, 0.5) is 0 Å². The van der Waals surface area contributed by atoms with Crippen LogP contribution in [0, 0.1) is 0 Å². The van der Waals surface area contributed by atoms with Crippen LogP contribution in [0.2, 0.25) is 0 Å². The van der Waals surface area contributed by atoms with Crippen molar-refractivity contribution in [2.75, 3.05) is 6.54 Å². The molecule has 2 aromatic heterocycles. The highest BCUT2D eigenvalue weighted by molar-refractivity contribution is 9.10. The summed E-state index contributed by atoms with van der Waals surface area (Å²) in [4.78, 5) is 12.6. The summed E-state index contributed by atoms with van der Waals surface area (Å²) in [6.45, 7) is 0.183. The summed E-state index contributed by atoms with van der Waals surface area (Å²) in [5, 5.41) is 16.0. The first-order valence-corrected chi connectivity index (χ1v) is 8.48. The van der Waals surface area contributed by atoms with Crippen molar-refractivity contribution in [2.24, 2.45) is 7.05 Å². The Hall–Kier alpha value is -1.63. The van der Waals surface area contributed by atoms with Crippen molar-refractivity contribution in [2.45, 2.75) is 6.10 Å². The van der Waals surface area contributed by atoms with Crippen LogP contribution >= 0.6 is 27.3 Å². The zero-order valence-corrected chi connectivity index (χ0v) is 14.3. The number of hydrogen-bond donors (Lipinski definition) is 2. The number of halogens is 1. The van der Waals surface area contributed by atoms with Gasteiger partial charge >= 0.3 is 0 Å². The van der Waals surface area contributed by atoms with Gasteiger partial charge in [-0.1, -0.05) is 18.2 Å². The van der Waals surface area contributed by atoms with Gasteiger partial charge < -0.3 is 15.0 Å². The zero-order chi connectivity index (χ0) is 15.7. The van der Waals surface area contributed by atoms with Gasteiger partial charge in [-0.25, -0.2) is 0 Å². The number of aliphatic hydroxyl groups excluding tert-OH is 1. The molecule has 0 aliphatic carbocycles. The van der Waals surface area contributed by atoms with Crippen LogP contribution < -0.4 is 5.32 Å². The SMILES string of the molecule is Cn1cc([C@H](O)CNC(=O)c2cc(Br)cs2)c2ccccc21. The maximum absolute atomic E-state index is 12.0. The normalized spacial score (nSPS) is 12.5. The van der Waals surface area contributed by atoms with Crippen molar-refractivity contribution >= 4 is 44.1 Å². The first-order chi connectivity index (χ1) is 10.6. The van der Waals surface area contributed by atoms with E-state index in [0.29, 0.717) is 4.88 Å². The standard InChI is InChI=1S/C16H15BrN2O2S/c1-19-8-12(11-4-2-3-5-13(11)19)14(20)7-18-16(21)15-6-10(17)9-22-15/h2-6,8-9,14,20H,7H2,1H3,(H,18,21)/t14-/m1/s1. The molecule has 0 radical (unpaired) electrons. The molecule has 0 aliphatic rings. The third-order valence-electron chi connectivity index (χ3n) is 3.53. The summed E-state index contributed by atoms with van der Waals surface area (Å²) in [5.41, 5.74) is 1.89. The minimum Gasteiger partial charge on any atom is -0.386 e. The molecule has 2 N–H and O–H groups in total. The zero-order valence-electron chi connectivity index (χ0n) is 11.9. The van der Waals surface area contributed by atoms with Crippen molar-refractivity contribution in [3.05, 3.63) is 56.8 Å². The molecule has 6 heteroatoms. The Morgan fingerprint density at radius 3 is 2.95 bits per heavy atom. The van der Waals surface area contributed by atoms with E-state index in [1.165, 1.54) is 11.3 Å². The molecule has 0 unspecified atom stereocenters. The predicted octanol–water partition coefficient (Wildman–Crippen LogP) is 3.47. The fourth-order valence-corrected chi connectivity index (χ4v) is 3.80. The lowest BCUT2D eigenvalue weighted by Gasteiger charge is -2.10. The van der Waals surface area contributed by atoms with Gasteiger partial charge in [0, 0.05) is 46.1 Å². The van der Waals surface area contributed by atoms with E-state index in [0.717, 1.165) is 20.9 Å². The van der Waals surface area contributed by atoms with Crippen LogP contribution in [-0.4, -0.2) is 22.1 Å². The van der Waals surface area contributed by atoms with E-state index in [1.54, 1.807) is 6.07 Å². The Balaban J connectivity index is 1.74. The third-order valence-corrected chi connectivity index (χ3v) is 5.22. The van der Waals surface area contributed by atoms with Gasteiger partial charge in [0.15, 0.2) is 0 Å². The van der Waals surface area contributed by atoms with Crippen molar-refractivity contribution < 1.29 is 9.90 Å². The summed E-state index contributed by atoms with van der Waals surface area (Å²) in [7, 11) is 1.94. The van der Waals surface area contributed by atoms with Crippen LogP contribution in [0.25, 0.3) is 10.9 Å². The molecule has 1 aromatic carbocycles. The molecule has 3 rings (SSSR count). The maximum Gasteiger partial charge on any atom is 0.261 e. The Labute approximate surface area is 140 Å². The van der Waals surface area contributed by atoms with Gasteiger partial charge in [-0.15, -0.1) is 11.3 Å². The Bertz CT molecular complexity index is 825. The van der Waals surface area contributed by atoms with Gasteiger partial charge in [0.1, 0.15) is 0 Å². The summed E-state index contributed by atoms with van der Waals surface area (Å²) in [6, 6.07) is 9.67. The number of fused-ring (bicyclic) bond motifs is 1. The van der Waals surface area contributed by atoms with Crippen molar-refractivity contribution in [3.8, 4) is 0 Å². The van der Waals surface area contributed by atoms with Crippen molar-refractivity contribution in [1.82, 2.24) is 9.88 Å². The molecule has 1 amide bonds. The minimum absolute atomic E-state index is 0.171. The van der Waals surface area contributed by atoms with Crippen molar-refractivity contribution in [3.63, 3.8) is 0 Å². The fraction of sp³-hybridized carbons (Fsp3) is 0.188. The second-order valence-electron chi connectivity index (χ2n) is 5.07. The molecule has 0 aliphatic heterocycles. The van der Waals surface area contributed by atoms with E-state index < -0.39 is 6.10 Å². The molecule has 2 heterocycles.